The van der Waals surface area contributed by atoms with Gasteiger partial charge in [0.05, 0.1) is 32.2 Å². The lowest BCUT2D eigenvalue weighted by Gasteiger charge is -2.33. The molecule has 1 aromatic rings. The number of carbonyl (C=O) groups excluding carboxylic acids is 1. The average molecular weight is 318 g/mol. The number of hydrazine groups is 1. The molecule has 1 amide bonds. The first-order valence-electron chi connectivity index (χ1n) is 7.56. The van der Waals surface area contributed by atoms with Gasteiger partial charge in [-0.1, -0.05) is 0 Å². The van der Waals surface area contributed by atoms with Crippen molar-refractivity contribution in [1.82, 2.24) is 15.3 Å². The lowest BCUT2D eigenvalue weighted by atomic mass is 10.0. The summed E-state index contributed by atoms with van der Waals surface area (Å²) < 4.78 is 10.5. The Labute approximate surface area is 135 Å². The van der Waals surface area contributed by atoms with Crippen molar-refractivity contribution >= 4 is 5.91 Å². The Morgan fingerprint density at radius 3 is 2.74 bits per heavy atom. The molecule has 1 aromatic carbocycles. The van der Waals surface area contributed by atoms with E-state index in [0.29, 0.717) is 30.2 Å². The summed E-state index contributed by atoms with van der Waals surface area (Å²) in [6, 6.07) is 5.17. The Morgan fingerprint density at radius 1 is 1.30 bits per heavy atom. The second kappa shape index (κ2) is 6.10. The number of hydrogen-bond acceptors (Lipinski definition) is 6. The molecule has 0 aromatic heterocycles. The van der Waals surface area contributed by atoms with Crippen molar-refractivity contribution in [3.8, 4) is 11.5 Å². The van der Waals surface area contributed by atoms with Crippen molar-refractivity contribution in [3.63, 3.8) is 0 Å². The van der Waals surface area contributed by atoms with E-state index in [2.05, 4.69) is 5.43 Å². The Kier molecular flexibility index (Phi) is 4.14. The maximum absolute atomic E-state index is 12.9. The molecule has 0 saturated carbocycles. The standard InChI is InChI=1S/C16H22N4O3/c1-19-15-11(17)6-7-20(12(15)9-18-19)16(21)10-4-5-13(22-2)14(8-10)23-3/h4-5,8,11,18H,6-7,9,17H2,1-3H3. The molecular formula is C16H22N4O3. The third-order valence-electron chi connectivity index (χ3n) is 4.36. The van der Waals surface area contributed by atoms with Gasteiger partial charge in [0.2, 0.25) is 0 Å². The van der Waals surface area contributed by atoms with Crippen LogP contribution >= 0.6 is 0 Å². The van der Waals surface area contributed by atoms with Crippen LogP contribution in [-0.2, 0) is 0 Å². The molecule has 0 aliphatic carbocycles. The van der Waals surface area contributed by atoms with Crippen LogP contribution in [0.4, 0.5) is 0 Å². The summed E-state index contributed by atoms with van der Waals surface area (Å²) in [4.78, 5) is 14.7. The molecule has 1 atom stereocenters. The Balaban J connectivity index is 1.93. The van der Waals surface area contributed by atoms with Crippen molar-refractivity contribution in [2.45, 2.75) is 12.5 Å². The number of amides is 1. The molecule has 2 aliphatic heterocycles. The molecule has 2 heterocycles. The highest BCUT2D eigenvalue weighted by Crippen LogP contribution is 2.31. The third kappa shape index (κ3) is 2.62. The fraction of sp³-hybridized carbons (Fsp3) is 0.438. The van der Waals surface area contributed by atoms with E-state index in [4.69, 9.17) is 15.2 Å². The molecule has 1 unspecified atom stereocenters. The zero-order chi connectivity index (χ0) is 16.6. The maximum Gasteiger partial charge on any atom is 0.258 e. The van der Waals surface area contributed by atoms with Crippen molar-refractivity contribution in [1.29, 1.82) is 0 Å². The van der Waals surface area contributed by atoms with Gasteiger partial charge in [0.1, 0.15) is 0 Å². The number of nitrogens with zero attached hydrogens (tertiary/aromatic N) is 2. The van der Waals surface area contributed by atoms with Crippen LogP contribution in [0.2, 0.25) is 0 Å². The molecule has 7 heteroatoms. The molecule has 0 spiro atoms. The van der Waals surface area contributed by atoms with Gasteiger partial charge in [0.15, 0.2) is 11.5 Å². The van der Waals surface area contributed by atoms with Crippen molar-refractivity contribution < 1.29 is 14.3 Å². The number of ether oxygens (including phenoxy) is 2. The topological polar surface area (TPSA) is 80.1 Å². The van der Waals surface area contributed by atoms with Gasteiger partial charge in [-0.2, -0.15) is 0 Å². The van der Waals surface area contributed by atoms with Crippen LogP contribution in [0.3, 0.4) is 0 Å². The van der Waals surface area contributed by atoms with Crippen LogP contribution in [0.1, 0.15) is 16.8 Å². The first kappa shape index (κ1) is 15.6. The lowest BCUT2D eigenvalue weighted by Crippen LogP contribution is -2.43. The van der Waals surface area contributed by atoms with E-state index in [-0.39, 0.29) is 11.9 Å². The molecule has 0 radical (unpaired) electrons. The largest absolute Gasteiger partial charge is 0.493 e. The average Bonchev–Trinajstić information content (AvgIpc) is 2.96. The Hall–Kier alpha value is -2.25. The number of benzene rings is 1. The summed E-state index contributed by atoms with van der Waals surface area (Å²) in [7, 11) is 5.05. The van der Waals surface area contributed by atoms with Crippen molar-refractivity contribution in [2.24, 2.45) is 5.73 Å². The maximum atomic E-state index is 12.9. The highest BCUT2D eigenvalue weighted by atomic mass is 16.5. The van der Waals surface area contributed by atoms with E-state index in [1.54, 1.807) is 37.3 Å². The summed E-state index contributed by atoms with van der Waals surface area (Å²) >= 11 is 0. The molecule has 124 valence electrons. The van der Waals surface area contributed by atoms with Gasteiger partial charge in [-0.3, -0.25) is 4.79 Å². The number of nitrogens with two attached hydrogens (primary N) is 1. The molecule has 2 aliphatic rings. The van der Waals surface area contributed by atoms with Gasteiger partial charge in [0, 0.05) is 25.2 Å². The van der Waals surface area contributed by atoms with Gasteiger partial charge in [-0.15, -0.1) is 0 Å². The number of likely N-dealkylation sites (N-methyl/N-ethyl adjacent to an activating group) is 1. The van der Waals surface area contributed by atoms with E-state index in [1.807, 2.05) is 12.1 Å². The lowest BCUT2D eigenvalue weighted by molar-refractivity contribution is 0.0790. The normalized spacial score (nSPS) is 20.6. The summed E-state index contributed by atoms with van der Waals surface area (Å²) in [5.74, 6) is 1.09. The number of methoxy groups -OCH3 is 2. The zero-order valence-corrected chi connectivity index (χ0v) is 13.6. The van der Waals surface area contributed by atoms with Crippen LogP contribution in [0.5, 0.6) is 11.5 Å². The SMILES string of the molecule is COc1ccc(C(=O)N2CCC(N)C3=C2CNN3C)cc1OC. The smallest absolute Gasteiger partial charge is 0.258 e. The number of hydrogen-bond donors (Lipinski definition) is 2. The summed E-state index contributed by atoms with van der Waals surface area (Å²) in [6.45, 7) is 1.22. The zero-order valence-electron chi connectivity index (χ0n) is 13.6. The quantitative estimate of drug-likeness (QED) is 0.847. The van der Waals surface area contributed by atoms with Crippen LogP contribution in [0.15, 0.2) is 29.6 Å². The van der Waals surface area contributed by atoms with E-state index < -0.39 is 0 Å². The number of carbonyl (C=O) groups is 1. The molecule has 3 rings (SSSR count). The van der Waals surface area contributed by atoms with Crippen LogP contribution < -0.4 is 20.6 Å². The molecule has 0 fully saturated rings. The fourth-order valence-corrected chi connectivity index (χ4v) is 3.15. The van der Waals surface area contributed by atoms with E-state index in [9.17, 15) is 4.79 Å². The predicted octanol–water partition coefficient (Wildman–Crippen LogP) is 0.539. The molecule has 0 bridgehead atoms. The van der Waals surface area contributed by atoms with E-state index in [0.717, 1.165) is 17.8 Å². The van der Waals surface area contributed by atoms with Crippen LogP contribution in [-0.4, -0.2) is 56.2 Å². The van der Waals surface area contributed by atoms with Gasteiger partial charge in [-0.25, -0.2) is 5.43 Å². The third-order valence-corrected chi connectivity index (χ3v) is 4.36. The van der Waals surface area contributed by atoms with E-state index in [1.165, 1.54) is 0 Å². The van der Waals surface area contributed by atoms with Crippen LogP contribution in [0, 0.1) is 0 Å². The summed E-state index contributed by atoms with van der Waals surface area (Å²) in [5.41, 5.74) is 11.9. The first-order valence-corrected chi connectivity index (χ1v) is 7.56. The minimum Gasteiger partial charge on any atom is -0.493 e. The number of rotatable bonds is 3. The Bertz CT molecular complexity index is 659. The molecule has 0 saturated heterocycles. The van der Waals surface area contributed by atoms with Gasteiger partial charge >= 0.3 is 0 Å². The highest BCUT2D eigenvalue weighted by molar-refractivity contribution is 5.96. The second-order valence-electron chi connectivity index (χ2n) is 5.65. The fourth-order valence-electron chi connectivity index (χ4n) is 3.15. The molecule has 3 N–H and O–H groups in total. The predicted molar refractivity (Wildman–Crippen MR) is 86.0 cm³/mol. The highest BCUT2D eigenvalue weighted by Gasteiger charge is 2.35. The molecule has 7 nitrogen and oxygen atoms in total. The van der Waals surface area contributed by atoms with E-state index >= 15 is 0 Å². The van der Waals surface area contributed by atoms with Gasteiger partial charge in [0.25, 0.3) is 5.91 Å². The first-order chi connectivity index (χ1) is 11.1. The number of nitrogens with one attached hydrogen (secondary N) is 1. The summed E-state index contributed by atoms with van der Waals surface area (Å²) in [6.07, 6.45) is 0.740. The minimum absolute atomic E-state index is 0.0422. The van der Waals surface area contributed by atoms with Crippen LogP contribution in [0.25, 0.3) is 0 Å². The molecule has 23 heavy (non-hydrogen) atoms. The van der Waals surface area contributed by atoms with Crippen molar-refractivity contribution in [2.75, 3.05) is 34.4 Å². The second-order valence-corrected chi connectivity index (χ2v) is 5.65. The Morgan fingerprint density at radius 2 is 2.04 bits per heavy atom. The van der Waals surface area contributed by atoms with Gasteiger partial charge in [-0.05, 0) is 24.6 Å². The minimum atomic E-state index is -0.0533. The van der Waals surface area contributed by atoms with Gasteiger partial charge < -0.3 is 25.1 Å². The van der Waals surface area contributed by atoms with Crippen molar-refractivity contribution in [3.05, 3.63) is 35.2 Å². The monoisotopic (exact) mass is 318 g/mol. The molecular weight excluding hydrogens is 296 g/mol. The summed E-state index contributed by atoms with van der Waals surface area (Å²) in [5, 5.41) is 1.91.